The number of rotatable bonds is 2. The molecule has 0 bridgehead atoms. The molecule has 0 amide bonds. The van der Waals surface area contributed by atoms with Crippen LogP contribution in [0.15, 0.2) is 34.9 Å². The van der Waals surface area contributed by atoms with Crippen LogP contribution < -0.4 is 11.2 Å². The lowest BCUT2D eigenvalue weighted by molar-refractivity contribution is 0.843. The van der Waals surface area contributed by atoms with Gasteiger partial charge in [-0.1, -0.05) is 25.3 Å². The van der Waals surface area contributed by atoms with Crippen LogP contribution in [0.2, 0.25) is 0 Å². The maximum Gasteiger partial charge on any atom is 0.328 e. The van der Waals surface area contributed by atoms with Gasteiger partial charge >= 0.3 is 5.69 Å². The number of aromatic nitrogens is 2. The normalized spacial score (nSPS) is 10.4. The van der Waals surface area contributed by atoms with Gasteiger partial charge in [-0.2, -0.15) is 0 Å². The number of hydrogen-bond donors (Lipinski definition) is 1. The zero-order chi connectivity index (χ0) is 12.6. The van der Waals surface area contributed by atoms with Gasteiger partial charge in [0.1, 0.15) is 0 Å². The van der Waals surface area contributed by atoms with Crippen LogP contribution in [0.25, 0.3) is 23.1 Å². The van der Waals surface area contributed by atoms with Crippen molar-refractivity contribution in [1.29, 1.82) is 0 Å². The maximum atomic E-state index is 11.7. The van der Waals surface area contributed by atoms with Crippen LogP contribution >= 0.6 is 0 Å². The monoisotopic (exact) mass is 228 g/mol. The van der Waals surface area contributed by atoms with Crippen molar-refractivity contribution in [3.8, 4) is 0 Å². The molecule has 1 heterocycles. The van der Waals surface area contributed by atoms with Crippen LogP contribution in [0.1, 0.15) is 11.1 Å². The Morgan fingerprint density at radius 3 is 2.35 bits per heavy atom. The van der Waals surface area contributed by atoms with Gasteiger partial charge in [-0.15, -0.1) is 0 Å². The number of aromatic amines is 1. The first-order valence-electron chi connectivity index (χ1n) is 5.10. The van der Waals surface area contributed by atoms with Crippen LogP contribution in [0.3, 0.4) is 0 Å². The molecule has 0 aliphatic heterocycles. The van der Waals surface area contributed by atoms with E-state index in [-0.39, 0.29) is 5.56 Å². The molecule has 0 spiro atoms. The van der Waals surface area contributed by atoms with Gasteiger partial charge in [0, 0.05) is 7.05 Å². The quantitative estimate of drug-likeness (QED) is 0.847. The molecule has 0 saturated carbocycles. The van der Waals surface area contributed by atoms with Crippen molar-refractivity contribution >= 4 is 23.1 Å². The predicted molar refractivity (Wildman–Crippen MR) is 70.0 cm³/mol. The molecular weight excluding hydrogens is 216 g/mol. The van der Waals surface area contributed by atoms with Crippen LogP contribution in [0, 0.1) is 0 Å². The molecule has 0 radical (unpaired) electrons. The van der Waals surface area contributed by atoms with E-state index >= 15 is 0 Å². The molecule has 1 aromatic carbocycles. The van der Waals surface area contributed by atoms with Gasteiger partial charge in [-0.3, -0.25) is 14.3 Å². The molecule has 17 heavy (non-hydrogen) atoms. The van der Waals surface area contributed by atoms with E-state index in [4.69, 9.17) is 0 Å². The summed E-state index contributed by atoms with van der Waals surface area (Å²) >= 11 is 0. The molecule has 0 fully saturated rings. The topological polar surface area (TPSA) is 54.9 Å². The lowest BCUT2D eigenvalue weighted by Crippen LogP contribution is -2.28. The lowest BCUT2D eigenvalue weighted by atomic mass is 10.0. The maximum absolute atomic E-state index is 11.7. The molecule has 0 atom stereocenters. The van der Waals surface area contributed by atoms with Gasteiger partial charge in [0.2, 0.25) is 0 Å². The Morgan fingerprint density at radius 2 is 1.76 bits per heavy atom. The highest BCUT2D eigenvalue weighted by molar-refractivity contribution is 5.85. The number of nitrogens with one attached hydrogen (secondary N) is 1. The van der Waals surface area contributed by atoms with E-state index in [1.807, 2.05) is 0 Å². The van der Waals surface area contributed by atoms with Crippen molar-refractivity contribution in [1.82, 2.24) is 9.55 Å². The summed E-state index contributed by atoms with van der Waals surface area (Å²) in [5.41, 5.74) is 1.43. The summed E-state index contributed by atoms with van der Waals surface area (Å²) < 4.78 is 1.40. The molecule has 2 rings (SSSR count). The van der Waals surface area contributed by atoms with Gasteiger partial charge in [0.25, 0.3) is 5.56 Å². The first-order chi connectivity index (χ1) is 8.08. The van der Waals surface area contributed by atoms with Crippen molar-refractivity contribution in [3.63, 3.8) is 0 Å². The lowest BCUT2D eigenvalue weighted by Gasteiger charge is -2.07. The number of hydrogen-bond acceptors (Lipinski definition) is 2. The fourth-order valence-electron chi connectivity index (χ4n) is 1.79. The third-order valence-corrected chi connectivity index (χ3v) is 2.77. The minimum Gasteiger partial charge on any atom is -0.296 e. The second-order valence-corrected chi connectivity index (χ2v) is 3.72. The largest absolute Gasteiger partial charge is 0.328 e. The molecule has 1 aromatic heterocycles. The van der Waals surface area contributed by atoms with Crippen molar-refractivity contribution in [2.24, 2.45) is 7.05 Å². The smallest absolute Gasteiger partial charge is 0.296 e. The van der Waals surface area contributed by atoms with Crippen LogP contribution in [0.5, 0.6) is 0 Å². The molecule has 4 heteroatoms. The van der Waals surface area contributed by atoms with Crippen LogP contribution in [-0.2, 0) is 7.05 Å². The fraction of sp³-hybridized carbons (Fsp3) is 0.0769. The van der Waals surface area contributed by atoms with E-state index in [9.17, 15) is 9.59 Å². The van der Waals surface area contributed by atoms with E-state index < -0.39 is 5.69 Å². The first-order valence-corrected chi connectivity index (χ1v) is 5.10. The molecule has 0 saturated heterocycles. The predicted octanol–water partition coefficient (Wildman–Crippen LogP) is 1.51. The molecule has 4 nitrogen and oxygen atoms in total. The second-order valence-electron chi connectivity index (χ2n) is 3.72. The molecule has 0 aliphatic carbocycles. The summed E-state index contributed by atoms with van der Waals surface area (Å²) in [6.07, 6.45) is 3.32. The van der Waals surface area contributed by atoms with E-state index in [2.05, 4.69) is 18.1 Å². The third-order valence-electron chi connectivity index (χ3n) is 2.77. The SMILES string of the molecule is C=Cc1cc2c(=O)[nH]c(=O)n(C)c2cc1C=C. The highest BCUT2D eigenvalue weighted by Crippen LogP contribution is 2.18. The zero-order valence-electron chi connectivity index (χ0n) is 9.49. The fourth-order valence-corrected chi connectivity index (χ4v) is 1.79. The van der Waals surface area contributed by atoms with Crippen molar-refractivity contribution in [3.05, 3.63) is 57.3 Å². The molecule has 0 unspecified atom stereocenters. The number of benzene rings is 1. The van der Waals surface area contributed by atoms with Crippen LogP contribution in [0.4, 0.5) is 0 Å². The molecule has 2 aromatic rings. The highest BCUT2D eigenvalue weighted by atomic mass is 16.2. The van der Waals surface area contributed by atoms with Gasteiger partial charge in [0.15, 0.2) is 0 Å². The minimum atomic E-state index is -0.427. The Balaban J connectivity index is 3.07. The number of aryl methyl sites for hydroxylation is 1. The molecule has 86 valence electrons. The summed E-state index contributed by atoms with van der Waals surface area (Å²) in [5.74, 6) is 0. The summed E-state index contributed by atoms with van der Waals surface area (Å²) in [6.45, 7) is 7.39. The third kappa shape index (κ3) is 1.63. The Kier molecular flexibility index (Phi) is 2.55. The Bertz CT molecular complexity index is 735. The van der Waals surface area contributed by atoms with Gasteiger partial charge < -0.3 is 0 Å². The van der Waals surface area contributed by atoms with E-state index in [0.717, 1.165) is 11.1 Å². The molecular formula is C13H12N2O2. The van der Waals surface area contributed by atoms with Crippen molar-refractivity contribution in [2.75, 3.05) is 0 Å². The van der Waals surface area contributed by atoms with Gasteiger partial charge in [-0.25, -0.2) is 4.79 Å². The van der Waals surface area contributed by atoms with Crippen LogP contribution in [-0.4, -0.2) is 9.55 Å². The van der Waals surface area contributed by atoms with Gasteiger partial charge in [0.05, 0.1) is 10.9 Å². The van der Waals surface area contributed by atoms with Crippen molar-refractivity contribution in [2.45, 2.75) is 0 Å². The van der Waals surface area contributed by atoms with E-state index in [0.29, 0.717) is 10.9 Å². The summed E-state index contributed by atoms with van der Waals surface area (Å²) in [5, 5.41) is 0.465. The summed E-state index contributed by atoms with van der Waals surface area (Å²) in [7, 11) is 1.61. The number of fused-ring (bicyclic) bond motifs is 1. The Morgan fingerprint density at radius 1 is 1.18 bits per heavy atom. The standard InChI is InChI=1S/C13H12N2O2/c1-4-8-6-10-11(7-9(8)5-2)15(3)13(17)14-12(10)16/h4-7H,1-2H2,3H3,(H,14,16,17). The zero-order valence-corrected chi connectivity index (χ0v) is 9.49. The Labute approximate surface area is 97.5 Å². The van der Waals surface area contributed by atoms with E-state index in [1.165, 1.54) is 4.57 Å². The average Bonchev–Trinajstić information content (AvgIpc) is 2.34. The highest BCUT2D eigenvalue weighted by Gasteiger charge is 2.07. The van der Waals surface area contributed by atoms with Crippen molar-refractivity contribution < 1.29 is 0 Å². The van der Waals surface area contributed by atoms with Gasteiger partial charge in [-0.05, 0) is 23.3 Å². The molecule has 1 N–H and O–H groups in total. The first kappa shape index (κ1) is 11.1. The summed E-state index contributed by atoms with van der Waals surface area (Å²) in [6, 6.07) is 3.47. The molecule has 0 aliphatic rings. The number of nitrogens with zero attached hydrogens (tertiary/aromatic N) is 1. The second kappa shape index (κ2) is 3.90. The minimum absolute atomic E-state index is 0.387. The summed E-state index contributed by atoms with van der Waals surface area (Å²) in [4.78, 5) is 25.4. The Hall–Kier alpha value is -2.36. The average molecular weight is 228 g/mol. The number of H-pyrrole nitrogens is 1. The van der Waals surface area contributed by atoms with E-state index in [1.54, 1.807) is 31.3 Å².